The molecule has 0 aliphatic rings. The van der Waals surface area contributed by atoms with Gasteiger partial charge in [-0.1, -0.05) is 24.3 Å². The minimum absolute atomic E-state index is 0.231. The first-order valence-electron chi connectivity index (χ1n) is 8.21. The Balaban J connectivity index is 1.70. The largest absolute Gasteiger partial charge is 0.350 e. The molecule has 3 rings (SSSR count). The first-order chi connectivity index (χ1) is 12.5. The lowest BCUT2D eigenvalue weighted by Crippen LogP contribution is -2.15. The molecule has 0 fully saturated rings. The van der Waals surface area contributed by atoms with Crippen LogP contribution in [0.25, 0.3) is 0 Å². The molecule has 6 heteroatoms. The first kappa shape index (κ1) is 17.5. The summed E-state index contributed by atoms with van der Waals surface area (Å²) in [6.07, 6.45) is 1.49. The van der Waals surface area contributed by atoms with Gasteiger partial charge in [-0.15, -0.1) is 0 Å². The van der Waals surface area contributed by atoms with E-state index in [9.17, 15) is 9.18 Å². The molecule has 0 spiro atoms. The van der Waals surface area contributed by atoms with Crippen LogP contribution in [0.15, 0.2) is 54.7 Å². The highest BCUT2D eigenvalue weighted by atomic mass is 19.1. The zero-order valence-corrected chi connectivity index (χ0v) is 14.6. The normalized spacial score (nSPS) is 10.4. The van der Waals surface area contributed by atoms with Crippen LogP contribution >= 0.6 is 0 Å². The lowest BCUT2D eigenvalue weighted by atomic mass is 10.1. The van der Waals surface area contributed by atoms with Crippen LogP contribution in [0.4, 0.5) is 16.0 Å². The lowest BCUT2D eigenvalue weighted by Gasteiger charge is -2.09. The lowest BCUT2D eigenvalue weighted by molar-refractivity contribution is 0.102. The van der Waals surface area contributed by atoms with Crippen molar-refractivity contribution >= 4 is 17.5 Å². The molecule has 0 bridgehead atoms. The fourth-order valence-electron chi connectivity index (χ4n) is 2.63. The van der Waals surface area contributed by atoms with Crippen LogP contribution in [-0.4, -0.2) is 15.9 Å². The quantitative estimate of drug-likeness (QED) is 0.727. The molecule has 3 aromatic rings. The molecule has 26 heavy (non-hydrogen) atoms. The second kappa shape index (κ2) is 7.74. The van der Waals surface area contributed by atoms with Crippen molar-refractivity contribution in [1.82, 2.24) is 9.97 Å². The van der Waals surface area contributed by atoms with Crippen LogP contribution in [0.5, 0.6) is 0 Å². The number of hydrogen-bond acceptors (Lipinski definition) is 4. The molecule has 2 aromatic carbocycles. The zero-order valence-electron chi connectivity index (χ0n) is 14.6. The number of aryl methyl sites for hydroxylation is 2. The van der Waals surface area contributed by atoms with E-state index in [-0.39, 0.29) is 29.9 Å². The van der Waals surface area contributed by atoms with Crippen molar-refractivity contribution < 1.29 is 9.18 Å². The third-order valence-electron chi connectivity index (χ3n) is 3.76. The predicted molar refractivity (Wildman–Crippen MR) is 99.6 cm³/mol. The van der Waals surface area contributed by atoms with Gasteiger partial charge in [0, 0.05) is 24.0 Å². The smallest absolute Gasteiger partial charge is 0.274 e. The average Bonchev–Trinajstić information content (AvgIpc) is 2.60. The second-order valence-electron chi connectivity index (χ2n) is 6.04. The fraction of sp³-hybridized carbons (Fsp3) is 0.150. The Morgan fingerprint density at radius 2 is 1.81 bits per heavy atom. The van der Waals surface area contributed by atoms with Crippen LogP contribution < -0.4 is 10.6 Å². The Labute approximate surface area is 151 Å². The number of aromatic nitrogens is 2. The van der Waals surface area contributed by atoms with Crippen LogP contribution in [0.3, 0.4) is 0 Å². The summed E-state index contributed by atoms with van der Waals surface area (Å²) in [5.74, 6) is -0.364. The molecule has 0 saturated carbocycles. The van der Waals surface area contributed by atoms with Crippen molar-refractivity contribution in [2.24, 2.45) is 0 Å². The molecule has 5 nitrogen and oxygen atoms in total. The van der Waals surface area contributed by atoms with E-state index >= 15 is 0 Å². The van der Waals surface area contributed by atoms with Gasteiger partial charge in [0.15, 0.2) is 0 Å². The Morgan fingerprint density at radius 3 is 2.54 bits per heavy atom. The van der Waals surface area contributed by atoms with Gasteiger partial charge < -0.3 is 10.6 Å². The minimum atomic E-state index is -0.327. The maximum absolute atomic E-state index is 13.7. The average molecular weight is 350 g/mol. The van der Waals surface area contributed by atoms with Crippen molar-refractivity contribution in [3.05, 3.63) is 82.9 Å². The summed E-state index contributed by atoms with van der Waals surface area (Å²) in [4.78, 5) is 20.7. The third kappa shape index (κ3) is 4.42. The van der Waals surface area contributed by atoms with Crippen molar-refractivity contribution in [1.29, 1.82) is 0 Å². The molecule has 1 aromatic heterocycles. The van der Waals surface area contributed by atoms with Gasteiger partial charge in [0.2, 0.25) is 5.95 Å². The van der Waals surface area contributed by atoms with Crippen LogP contribution in [0.2, 0.25) is 0 Å². The Kier molecular flexibility index (Phi) is 5.22. The Hall–Kier alpha value is -3.28. The van der Waals surface area contributed by atoms with E-state index in [0.29, 0.717) is 11.3 Å². The number of carbonyl (C=O) groups excluding carboxylic acids is 1. The van der Waals surface area contributed by atoms with Crippen LogP contribution in [0, 0.1) is 19.7 Å². The molecule has 0 atom stereocenters. The second-order valence-corrected chi connectivity index (χ2v) is 6.04. The molecule has 0 radical (unpaired) electrons. The zero-order chi connectivity index (χ0) is 18.5. The van der Waals surface area contributed by atoms with Gasteiger partial charge in [0.25, 0.3) is 5.91 Å². The number of carbonyl (C=O) groups is 1. The van der Waals surface area contributed by atoms with E-state index in [2.05, 4.69) is 20.6 Å². The molecular formula is C20H19FN4O. The summed E-state index contributed by atoms with van der Waals surface area (Å²) >= 11 is 0. The number of anilines is 2. The molecule has 0 aliphatic heterocycles. The van der Waals surface area contributed by atoms with Crippen LogP contribution in [-0.2, 0) is 6.54 Å². The van der Waals surface area contributed by atoms with Crippen molar-refractivity contribution in [2.75, 3.05) is 10.6 Å². The monoisotopic (exact) mass is 350 g/mol. The maximum Gasteiger partial charge on any atom is 0.274 e. The number of hydrogen-bond donors (Lipinski definition) is 2. The summed E-state index contributed by atoms with van der Waals surface area (Å²) in [7, 11) is 0. The molecule has 1 heterocycles. The van der Waals surface area contributed by atoms with E-state index in [1.165, 1.54) is 18.3 Å². The van der Waals surface area contributed by atoms with E-state index in [1.807, 2.05) is 32.0 Å². The van der Waals surface area contributed by atoms with E-state index in [4.69, 9.17) is 0 Å². The predicted octanol–water partition coefficient (Wildman–Crippen LogP) is 4.10. The SMILES string of the molecule is Cc1cc(C)cc(NC(=O)c2ccnc(NCc3ccccc3F)n2)c1. The minimum Gasteiger partial charge on any atom is -0.350 e. The summed E-state index contributed by atoms with van der Waals surface area (Å²) in [5.41, 5.74) is 3.58. The van der Waals surface area contributed by atoms with Crippen molar-refractivity contribution in [3.8, 4) is 0 Å². The number of halogens is 1. The maximum atomic E-state index is 13.7. The highest BCUT2D eigenvalue weighted by Gasteiger charge is 2.10. The molecular weight excluding hydrogens is 331 g/mol. The molecule has 0 aliphatic carbocycles. The summed E-state index contributed by atoms with van der Waals surface area (Å²) < 4.78 is 13.7. The number of amides is 1. The van der Waals surface area contributed by atoms with Crippen molar-refractivity contribution in [3.63, 3.8) is 0 Å². The molecule has 132 valence electrons. The van der Waals surface area contributed by atoms with Crippen molar-refractivity contribution in [2.45, 2.75) is 20.4 Å². The van der Waals surface area contributed by atoms with Crippen LogP contribution in [0.1, 0.15) is 27.2 Å². The standard InChI is InChI=1S/C20H19FN4O/c1-13-9-14(2)11-16(10-13)24-19(26)18-7-8-22-20(25-18)23-12-15-5-3-4-6-17(15)21/h3-11H,12H2,1-2H3,(H,24,26)(H,22,23,25). The Bertz CT molecular complexity index is 922. The van der Waals surface area contributed by atoms with Gasteiger partial charge in [-0.3, -0.25) is 4.79 Å². The number of benzene rings is 2. The highest BCUT2D eigenvalue weighted by Crippen LogP contribution is 2.15. The summed E-state index contributed by atoms with van der Waals surface area (Å²) in [5, 5.41) is 5.77. The Morgan fingerprint density at radius 1 is 1.08 bits per heavy atom. The third-order valence-corrected chi connectivity index (χ3v) is 3.76. The van der Waals surface area contributed by atoms with E-state index in [1.54, 1.807) is 18.2 Å². The number of nitrogens with one attached hydrogen (secondary N) is 2. The highest BCUT2D eigenvalue weighted by molar-refractivity contribution is 6.03. The van der Waals surface area contributed by atoms with Gasteiger partial charge in [-0.05, 0) is 49.2 Å². The van der Waals surface area contributed by atoms with Gasteiger partial charge in [-0.25, -0.2) is 14.4 Å². The molecule has 2 N–H and O–H groups in total. The van der Waals surface area contributed by atoms with Gasteiger partial charge in [-0.2, -0.15) is 0 Å². The number of rotatable bonds is 5. The summed E-state index contributed by atoms with van der Waals surface area (Å²) in [6, 6.07) is 13.8. The molecule has 0 unspecified atom stereocenters. The number of nitrogens with zero attached hydrogens (tertiary/aromatic N) is 2. The molecule has 1 amide bonds. The van der Waals surface area contributed by atoms with Gasteiger partial charge in [0.1, 0.15) is 11.5 Å². The summed E-state index contributed by atoms with van der Waals surface area (Å²) in [6.45, 7) is 4.17. The fourth-order valence-corrected chi connectivity index (χ4v) is 2.63. The first-order valence-corrected chi connectivity index (χ1v) is 8.21. The van der Waals surface area contributed by atoms with Gasteiger partial charge in [0.05, 0.1) is 0 Å². The topological polar surface area (TPSA) is 66.9 Å². The van der Waals surface area contributed by atoms with E-state index < -0.39 is 0 Å². The van der Waals surface area contributed by atoms with E-state index in [0.717, 1.165) is 11.1 Å². The molecule has 0 saturated heterocycles. The van der Waals surface area contributed by atoms with Gasteiger partial charge >= 0.3 is 0 Å².